The van der Waals surface area contributed by atoms with Gasteiger partial charge in [0, 0.05) is 12.0 Å². The van der Waals surface area contributed by atoms with Gasteiger partial charge in [-0.25, -0.2) is 4.39 Å². The molecule has 0 spiro atoms. The molecule has 1 aromatic rings. The topological polar surface area (TPSA) is 17.1 Å². The summed E-state index contributed by atoms with van der Waals surface area (Å²) < 4.78 is 13.2. The highest BCUT2D eigenvalue weighted by Gasteiger charge is 2.17. The van der Waals surface area contributed by atoms with Crippen LogP contribution in [0.1, 0.15) is 60.9 Å². The van der Waals surface area contributed by atoms with Crippen molar-refractivity contribution in [1.29, 1.82) is 0 Å². The van der Waals surface area contributed by atoms with Crippen LogP contribution in [0.3, 0.4) is 0 Å². The van der Waals surface area contributed by atoms with Crippen LogP contribution in [0.5, 0.6) is 0 Å². The van der Waals surface area contributed by atoms with E-state index in [1.54, 1.807) is 19.1 Å². The maximum absolute atomic E-state index is 13.2. The van der Waals surface area contributed by atoms with Gasteiger partial charge in [0.15, 0.2) is 5.78 Å². The zero-order chi connectivity index (χ0) is 13.0. The summed E-state index contributed by atoms with van der Waals surface area (Å²) in [6.07, 6.45) is 8.09. The molecule has 0 amide bonds. The summed E-state index contributed by atoms with van der Waals surface area (Å²) >= 11 is 0. The highest BCUT2D eigenvalue weighted by Crippen LogP contribution is 2.26. The number of carbonyl (C=O) groups excluding carboxylic acids is 1. The Kier molecular flexibility index (Phi) is 4.51. The average molecular weight is 248 g/mol. The summed E-state index contributed by atoms with van der Waals surface area (Å²) in [7, 11) is 0. The van der Waals surface area contributed by atoms with E-state index in [9.17, 15) is 9.18 Å². The summed E-state index contributed by atoms with van der Waals surface area (Å²) in [6, 6.07) is 4.69. The lowest BCUT2D eigenvalue weighted by atomic mass is 9.91. The Hall–Kier alpha value is -1.18. The van der Waals surface area contributed by atoms with Crippen LogP contribution in [0.4, 0.5) is 4.39 Å². The molecule has 0 heterocycles. The van der Waals surface area contributed by atoms with Crippen LogP contribution in [-0.4, -0.2) is 5.78 Å². The number of Topliss-reactive ketones (excluding diaryl/α,β-unsaturated/α-hetero) is 1. The molecule has 1 aliphatic carbocycles. The fourth-order valence-electron chi connectivity index (χ4n) is 2.77. The van der Waals surface area contributed by atoms with Gasteiger partial charge in [-0.15, -0.1) is 0 Å². The Labute approximate surface area is 108 Å². The third kappa shape index (κ3) is 3.41. The molecule has 0 aromatic heterocycles. The minimum Gasteiger partial charge on any atom is -0.294 e. The molecule has 0 aliphatic heterocycles. The second-order valence-electron chi connectivity index (χ2n) is 5.45. The predicted octanol–water partition coefficient (Wildman–Crippen LogP) is 4.68. The fraction of sp³-hybridized carbons (Fsp3) is 0.562. The van der Waals surface area contributed by atoms with Crippen LogP contribution in [0.2, 0.25) is 0 Å². The van der Waals surface area contributed by atoms with Gasteiger partial charge in [0.05, 0.1) is 0 Å². The number of carbonyl (C=O) groups is 1. The van der Waals surface area contributed by atoms with Crippen molar-refractivity contribution < 1.29 is 9.18 Å². The first-order valence-corrected chi connectivity index (χ1v) is 6.96. The van der Waals surface area contributed by atoms with Crippen molar-refractivity contribution in [2.24, 2.45) is 5.92 Å². The Morgan fingerprint density at radius 2 is 1.89 bits per heavy atom. The summed E-state index contributed by atoms with van der Waals surface area (Å²) in [4.78, 5) is 12.2. The third-order valence-corrected chi connectivity index (χ3v) is 3.93. The van der Waals surface area contributed by atoms with Crippen molar-refractivity contribution in [2.75, 3.05) is 0 Å². The van der Waals surface area contributed by atoms with E-state index in [1.165, 1.54) is 44.6 Å². The molecule has 0 N–H and O–H groups in total. The van der Waals surface area contributed by atoms with Crippen molar-refractivity contribution >= 4 is 5.78 Å². The van der Waals surface area contributed by atoms with E-state index in [-0.39, 0.29) is 11.6 Å². The van der Waals surface area contributed by atoms with Gasteiger partial charge < -0.3 is 0 Å². The molecule has 2 rings (SSSR count). The monoisotopic (exact) mass is 248 g/mol. The van der Waals surface area contributed by atoms with E-state index < -0.39 is 0 Å². The highest BCUT2D eigenvalue weighted by molar-refractivity contribution is 5.96. The molecule has 1 saturated carbocycles. The van der Waals surface area contributed by atoms with E-state index >= 15 is 0 Å². The molecule has 1 aliphatic rings. The molecule has 1 aromatic carbocycles. The molecular formula is C16H21FO. The fourth-order valence-corrected chi connectivity index (χ4v) is 2.77. The molecular weight excluding hydrogens is 227 g/mol. The normalized spacial score (nSPS) is 17.4. The lowest BCUT2D eigenvalue weighted by molar-refractivity contribution is 0.0957. The Morgan fingerprint density at radius 3 is 2.50 bits per heavy atom. The van der Waals surface area contributed by atoms with E-state index in [1.807, 2.05) is 0 Å². The van der Waals surface area contributed by atoms with Gasteiger partial charge in [-0.3, -0.25) is 4.79 Å². The van der Waals surface area contributed by atoms with E-state index in [4.69, 9.17) is 0 Å². The number of aryl methyl sites for hydroxylation is 1. The van der Waals surface area contributed by atoms with E-state index in [0.717, 1.165) is 0 Å². The standard InChI is InChI=1S/C16H21FO/c1-12-10-14(8-9-15(12)17)16(18)11-13-6-4-2-3-5-7-13/h8-10,13H,2-7,11H2,1H3. The van der Waals surface area contributed by atoms with Crippen LogP contribution >= 0.6 is 0 Å². The third-order valence-electron chi connectivity index (χ3n) is 3.93. The van der Waals surface area contributed by atoms with Crippen LogP contribution in [-0.2, 0) is 0 Å². The summed E-state index contributed by atoms with van der Waals surface area (Å²) in [5.41, 5.74) is 1.22. The minimum atomic E-state index is -0.235. The summed E-state index contributed by atoms with van der Waals surface area (Å²) in [5, 5.41) is 0. The van der Waals surface area contributed by atoms with Crippen molar-refractivity contribution in [3.8, 4) is 0 Å². The lowest BCUT2D eigenvalue weighted by Crippen LogP contribution is -2.08. The van der Waals surface area contributed by atoms with Gasteiger partial charge in [-0.05, 0) is 36.6 Å². The molecule has 0 bridgehead atoms. The molecule has 98 valence electrons. The van der Waals surface area contributed by atoms with E-state index in [2.05, 4.69) is 0 Å². The zero-order valence-corrected chi connectivity index (χ0v) is 11.0. The number of rotatable bonds is 3. The van der Waals surface area contributed by atoms with Crippen molar-refractivity contribution in [2.45, 2.75) is 51.9 Å². The predicted molar refractivity (Wildman–Crippen MR) is 71.3 cm³/mol. The van der Waals surface area contributed by atoms with Crippen molar-refractivity contribution in [1.82, 2.24) is 0 Å². The highest BCUT2D eigenvalue weighted by atomic mass is 19.1. The minimum absolute atomic E-state index is 0.171. The van der Waals surface area contributed by atoms with Crippen molar-refractivity contribution in [3.05, 3.63) is 35.1 Å². The van der Waals surface area contributed by atoms with Crippen LogP contribution < -0.4 is 0 Å². The summed E-state index contributed by atoms with van der Waals surface area (Å²) in [5.74, 6) is 0.469. The van der Waals surface area contributed by atoms with Crippen molar-refractivity contribution in [3.63, 3.8) is 0 Å². The quantitative estimate of drug-likeness (QED) is 0.561. The largest absolute Gasteiger partial charge is 0.294 e. The second kappa shape index (κ2) is 6.12. The molecule has 2 heteroatoms. The van der Waals surface area contributed by atoms with Gasteiger partial charge in [-0.2, -0.15) is 0 Å². The Morgan fingerprint density at radius 1 is 1.22 bits per heavy atom. The molecule has 0 saturated heterocycles. The smallest absolute Gasteiger partial charge is 0.163 e. The first kappa shape index (κ1) is 13.3. The molecule has 0 unspecified atom stereocenters. The second-order valence-corrected chi connectivity index (χ2v) is 5.45. The SMILES string of the molecule is Cc1cc(C(=O)CC2CCCCCC2)ccc1F. The Balaban J connectivity index is 1.99. The van der Waals surface area contributed by atoms with E-state index in [0.29, 0.717) is 23.5 Å². The number of hydrogen-bond donors (Lipinski definition) is 0. The van der Waals surface area contributed by atoms with Crippen LogP contribution in [0, 0.1) is 18.7 Å². The number of hydrogen-bond acceptors (Lipinski definition) is 1. The first-order chi connectivity index (χ1) is 8.66. The van der Waals surface area contributed by atoms with Gasteiger partial charge >= 0.3 is 0 Å². The zero-order valence-electron chi connectivity index (χ0n) is 11.0. The Bertz CT molecular complexity index is 417. The molecule has 18 heavy (non-hydrogen) atoms. The van der Waals surface area contributed by atoms with Gasteiger partial charge in [0.1, 0.15) is 5.82 Å². The van der Waals surface area contributed by atoms with Gasteiger partial charge in [0.2, 0.25) is 0 Å². The maximum Gasteiger partial charge on any atom is 0.163 e. The molecule has 0 radical (unpaired) electrons. The van der Waals surface area contributed by atoms with Gasteiger partial charge in [-0.1, -0.05) is 38.5 Å². The molecule has 1 nitrogen and oxygen atoms in total. The number of halogens is 1. The van der Waals surface area contributed by atoms with Crippen LogP contribution in [0.15, 0.2) is 18.2 Å². The average Bonchev–Trinajstić information content (AvgIpc) is 2.61. The summed E-state index contributed by atoms with van der Waals surface area (Å²) in [6.45, 7) is 1.71. The first-order valence-electron chi connectivity index (χ1n) is 6.96. The lowest BCUT2D eigenvalue weighted by Gasteiger charge is -2.13. The molecule has 0 atom stereocenters. The van der Waals surface area contributed by atoms with Crippen LogP contribution in [0.25, 0.3) is 0 Å². The number of ketones is 1. The number of benzene rings is 1. The van der Waals surface area contributed by atoms with Gasteiger partial charge in [0.25, 0.3) is 0 Å². The molecule has 1 fully saturated rings. The maximum atomic E-state index is 13.2.